The highest BCUT2D eigenvalue weighted by molar-refractivity contribution is 6.00. The average molecular weight is 624 g/mol. The first-order chi connectivity index (χ1) is 21.4. The molecule has 1 saturated heterocycles. The highest BCUT2D eigenvalue weighted by Gasteiger charge is 2.31. The summed E-state index contributed by atoms with van der Waals surface area (Å²) in [6, 6.07) is 8.56. The van der Waals surface area contributed by atoms with Crippen molar-refractivity contribution in [3.63, 3.8) is 0 Å². The normalized spacial score (nSPS) is 16.7. The number of rotatable bonds is 12. The van der Waals surface area contributed by atoms with E-state index >= 15 is 0 Å². The van der Waals surface area contributed by atoms with Crippen LogP contribution in [-0.4, -0.2) is 97.3 Å². The Morgan fingerprint density at radius 1 is 1.04 bits per heavy atom. The van der Waals surface area contributed by atoms with E-state index in [1.165, 1.54) is 17.9 Å². The molecule has 1 aromatic carbocycles. The number of carbonyl (C=O) groups excluding carboxylic acids is 3. The van der Waals surface area contributed by atoms with Crippen molar-refractivity contribution >= 4 is 34.9 Å². The van der Waals surface area contributed by atoms with E-state index in [0.717, 1.165) is 38.6 Å². The molecule has 1 atom stereocenters. The van der Waals surface area contributed by atoms with Gasteiger partial charge in [-0.1, -0.05) is 6.07 Å². The first-order valence-electron chi connectivity index (χ1n) is 14.6. The summed E-state index contributed by atoms with van der Waals surface area (Å²) >= 11 is 0. The number of aryl methyl sites for hydroxylation is 1. The first-order valence-corrected chi connectivity index (χ1v) is 14.6. The van der Waals surface area contributed by atoms with Crippen molar-refractivity contribution in [1.82, 2.24) is 35.5 Å². The molecule has 7 N–H and O–H groups in total. The average Bonchev–Trinajstić information content (AvgIpc) is 3.65. The van der Waals surface area contributed by atoms with Crippen molar-refractivity contribution in [2.75, 3.05) is 37.9 Å². The molecule has 1 aliphatic heterocycles. The molecule has 1 aliphatic carbocycles. The Bertz CT molecular complexity index is 1580. The lowest BCUT2D eigenvalue weighted by Crippen LogP contribution is -2.48. The van der Waals surface area contributed by atoms with Crippen molar-refractivity contribution < 1.29 is 34.4 Å². The van der Waals surface area contributed by atoms with Crippen LogP contribution in [0.4, 0.5) is 17.2 Å². The van der Waals surface area contributed by atoms with Gasteiger partial charge in [-0.05, 0) is 63.9 Å². The van der Waals surface area contributed by atoms with Gasteiger partial charge in [0.1, 0.15) is 5.69 Å². The summed E-state index contributed by atoms with van der Waals surface area (Å²) in [5, 5.41) is 50.3. The molecule has 3 amide bonds. The summed E-state index contributed by atoms with van der Waals surface area (Å²) in [4.78, 5) is 40.4. The maximum absolute atomic E-state index is 13.0. The molecule has 1 saturated carbocycles. The molecule has 240 valence electrons. The number of hydrogen-bond acceptors (Lipinski definition) is 12. The molecule has 0 radical (unpaired) electrons. The number of anilines is 3. The number of likely N-dealkylation sites (tertiary alicyclic amines) is 1. The fraction of sp³-hybridized carbons (Fsp3) is 0.448. The molecule has 16 nitrogen and oxygen atoms in total. The quantitative estimate of drug-likeness (QED) is 0.137. The van der Waals surface area contributed by atoms with E-state index in [2.05, 4.69) is 43.2 Å². The topological polar surface area (TPSA) is 216 Å². The fourth-order valence-corrected chi connectivity index (χ4v) is 5.30. The van der Waals surface area contributed by atoms with E-state index in [1.54, 1.807) is 36.6 Å². The molecule has 0 spiro atoms. The smallest absolute Gasteiger partial charge is 0.369 e. The predicted octanol–water partition coefficient (Wildman–Crippen LogP) is 0.510. The monoisotopic (exact) mass is 623 g/mol. The molecule has 5 rings (SSSR count). The summed E-state index contributed by atoms with van der Waals surface area (Å²) < 4.78 is 7.20. The largest absolute Gasteiger partial charge is 0.494 e. The zero-order valence-corrected chi connectivity index (χ0v) is 25.2. The van der Waals surface area contributed by atoms with Gasteiger partial charge in [-0.25, -0.2) is 0 Å². The molecule has 0 bridgehead atoms. The summed E-state index contributed by atoms with van der Waals surface area (Å²) in [5.41, 5.74) is 1.26. The van der Waals surface area contributed by atoms with Gasteiger partial charge in [0.25, 0.3) is 11.8 Å². The van der Waals surface area contributed by atoms with E-state index < -0.39 is 17.7 Å². The second-order valence-electron chi connectivity index (χ2n) is 11.2. The standard InChI is InChI=1S/C29H37N9O7/c1-37-13-5-6-17(37)11-12-30-27(40)22-14-20(36-38(22)2)18-7-4-8-19(25(18)45-3)31-21-15-23(32-26(39)16-9-10-16)34-35-24(21)28(41)33-29(42,43)44/h4,7-8,14-17,42-44H,5-6,9-13H2,1-3H3,(H,30,40)(H,33,41)(H2,31,32,34,39). The molecule has 2 aliphatic rings. The fourth-order valence-electron chi connectivity index (χ4n) is 5.30. The molecule has 1 unspecified atom stereocenters. The predicted molar refractivity (Wildman–Crippen MR) is 161 cm³/mol. The van der Waals surface area contributed by atoms with Crippen molar-refractivity contribution in [2.45, 2.75) is 44.2 Å². The molecule has 3 aromatic rings. The highest BCUT2D eigenvalue weighted by Crippen LogP contribution is 2.38. The van der Waals surface area contributed by atoms with Crippen LogP contribution in [0.15, 0.2) is 30.3 Å². The van der Waals surface area contributed by atoms with E-state index in [4.69, 9.17) is 4.74 Å². The SMILES string of the molecule is COc1c(Nc2cc(NC(=O)C3CC3)nnc2C(=O)NC(O)(O)O)cccc1-c1cc(C(=O)NCCC2CCCN2C)n(C)n1. The number of ether oxygens (including phenoxy) is 1. The van der Waals surface area contributed by atoms with Crippen LogP contribution in [-0.2, 0) is 11.8 Å². The summed E-state index contributed by atoms with van der Waals surface area (Å²) in [6.07, 6.45) is 1.15. The lowest BCUT2D eigenvalue weighted by Gasteiger charge is -2.19. The van der Waals surface area contributed by atoms with Gasteiger partial charge in [-0.15, -0.1) is 10.2 Å². The maximum Gasteiger partial charge on any atom is 0.369 e. The van der Waals surface area contributed by atoms with Crippen molar-refractivity contribution in [2.24, 2.45) is 13.0 Å². The van der Waals surface area contributed by atoms with Crippen LogP contribution in [0, 0.1) is 5.92 Å². The molecular formula is C29H37N9O7. The third kappa shape index (κ3) is 7.72. The molecular weight excluding hydrogens is 586 g/mol. The number of aromatic nitrogens is 4. The molecule has 2 fully saturated rings. The molecule has 3 heterocycles. The second kappa shape index (κ2) is 13.2. The third-order valence-corrected chi connectivity index (χ3v) is 7.80. The van der Waals surface area contributed by atoms with Crippen LogP contribution in [0.2, 0.25) is 0 Å². The van der Waals surface area contributed by atoms with Gasteiger partial charge >= 0.3 is 6.10 Å². The van der Waals surface area contributed by atoms with Crippen LogP contribution in [0.1, 0.15) is 53.1 Å². The Morgan fingerprint density at radius 2 is 1.82 bits per heavy atom. The lowest BCUT2D eigenvalue weighted by molar-refractivity contribution is -0.323. The van der Waals surface area contributed by atoms with Crippen molar-refractivity contribution in [3.05, 3.63) is 41.7 Å². The lowest BCUT2D eigenvalue weighted by atomic mass is 10.1. The van der Waals surface area contributed by atoms with Crippen molar-refractivity contribution in [3.8, 4) is 17.0 Å². The van der Waals surface area contributed by atoms with Crippen molar-refractivity contribution in [1.29, 1.82) is 0 Å². The molecule has 2 aromatic heterocycles. The number of nitrogens with one attached hydrogen (secondary N) is 4. The Kier molecular flexibility index (Phi) is 9.29. The number of hydrogen-bond donors (Lipinski definition) is 7. The number of benzene rings is 1. The van der Waals surface area contributed by atoms with Gasteiger partial charge in [-0.2, -0.15) is 5.10 Å². The van der Waals surface area contributed by atoms with Gasteiger partial charge in [0.05, 0.1) is 24.2 Å². The number of amides is 3. The van der Waals surface area contributed by atoms with E-state index in [1.807, 2.05) is 0 Å². The minimum Gasteiger partial charge on any atom is -0.494 e. The second-order valence-corrected chi connectivity index (χ2v) is 11.2. The van der Waals surface area contributed by atoms with Gasteiger partial charge in [0.15, 0.2) is 17.3 Å². The highest BCUT2D eigenvalue weighted by atomic mass is 16.7. The van der Waals surface area contributed by atoms with Gasteiger partial charge in [0, 0.05) is 37.2 Å². The number of nitrogens with zero attached hydrogens (tertiary/aromatic N) is 5. The first kappa shape index (κ1) is 31.8. The summed E-state index contributed by atoms with van der Waals surface area (Å²) in [5.74, 6) is -1.44. The molecule has 16 heteroatoms. The zero-order chi connectivity index (χ0) is 32.3. The Balaban J connectivity index is 1.40. The van der Waals surface area contributed by atoms with Crippen LogP contribution >= 0.6 is 0 Å². The van der Waals surface area contributed by atoms with Crippen LogP contribution < -0.4 is 26.0 Å². The minimum atomic E-state index is -3.51. The number of methoxy groups -OCH3 is 1. The Morgan fingerprint density at radius 3 is 2.49 bits per heavy atom. The van der Waals surface area contributed by atoms with Crippen LogP contribution in [0.3, 0.4) is 0 Å². The number of carbonyl (C=O) groups is 3. The zero-order valence-electron chi connectivity index (χ0n) is 25.2. The third-order valence-electron chi connectivity index (χ3n) is 7.80. The maximum atomic E-state index is 13.0. The van der Waals surface area contributed by atoms with E-state index in [9.17, 15) is 29.7 Å². The number of aliphatic hydroxyl groups is 3. The van der Waals surface area contributed by atoms with E-state index in [0.29, 0.717) is 41.0 Å². The van der Waals surface area contributed by atoms with Crippen LogP contribution in [0.5, 0.6) is 5.75 Å². The Hall–Kier alpha value is -4.64. The Labute approximate surface area is 258 Å². The van der Waals surface area contributed by atoms with Gasteiger partial charge < -0.3 is 40.9 Å². The minimum absolute atomic E-state index is 0.00212. The summed E-state index contributed by atoms with van der Waals surface area (Å²) in [6.45, 7) is 1.61. The molecule has 45 heavy (non-hydrogen) atoms. The van der Waals surface area contributed by atoms with Crippen LogP contribution in [0.25, 0.3) is 11.3 Å². The van der Waals surface area contributed by atoms with E-state index in [-0.39, 0.29) is 29.2 Å². The number of para-hydroxylation sites is 1. The van der Waals surface area contributed by atoms with Gasteiger partial charge in [-0.3, -0.25) is 24.4 Å². The summed E-state index contributed by atoms with van der Waals surface area (Å²) in [7, 11) is 5.21. The van der Waals surface area contributed by atoms with Gasteiger partial charge in [0.2, 0.25) is 5.91 Å².